The first-order valence-corrected chi connectivity index (χ1v) is 13.1. The summed E-state index contributed by atoms with van der Waals surface area (Å²) in [6, 6.07) is 9.71. The van der Waals surface area contributed by atoms with Crippen LogP contribution < -0.4 is 10.1 Å². The van der Waals surface area contributed by atoms with Crippen molar-refractivity contribution in [2.45, 2.75) is 70.0 Å². The smallest absolute Gasteiger partial charge is 0.273 e. The molecule has 0 radical (unpaired) electrons. The summed E-state index contributed by atoms with van der Waals surface area (Å²) >= 11 is 0. The van der Waals surface area contributed by atoms with E-state index >= 15 is 0 Å². The van der Waals surface area contributed by atoms with Crippen LogP contribution in [-0.2, 0) is 11.3 Å². The lowest BCUT2D eigenvalue weighted by atomic mass is 9.91. The first kappa shape index (κ1) is 23.9. The molecule has 0 bridgehead atoms. The molecule has 8 heteroatoms. The van der Waals surface area contributed by atoms with Gasteiger partial charge in [0.05, 0.1) is 19.3 Å². The van der Waals surface area contributed by atoms with E-state index in [0.717, 1.165) is 62.3 Å². The quantitative estimate of drug-likeness (QED) is 0.659. The second kappa shape index (κ2) is 10.0. The maximum absolute atomic E-state index is 13.8. The number of nitrogens with zero attached hydrogens (tertiary/aromatic N) is 4. The van der Waals surface area contributed by atoms with Gasteiger partial charge < -0.3 is 19.9 Å². The zero-order valence-electron chi connectivity index (χ0n) is 21.0. The number of ether oxygens (including phenoxy) is 1. The fraction of sp³-hybridized carbons (Fsp3) is 0.593. The van der Waals surface area contributed by atoms with Gasteiger partial charge in [0, 0.05) is 24.7 Å². The standard InChI is InChI=1S/C27H37N5O3/c1-27(26(34)28-21-8-4-3-5-9-21)19-32-24(25(33)31(27)17-16-30-14-6-7-15-30)18-23(29-32)20-10-12-22(35-2)13-11-20/h10-13,18,21H,3-9,14-17,19H2,1-2H3,(H,28,34)/t27-/m1/s1. The summed E-state index contributed by atoms with van der Waals surface area (Å²) in [4.78, 5) is 31.7. The average Bonchev–Trinajstić information content (AvgIpc) is 3.55. The topological polar surface area (TPSA) is 79.7 Å². The van der Waals surface area contributed by atoms with Gasteiger partial charge >= 0.3 is 0 Å². The predicted molar refractivity (Wildman–Crippen MR) is 134 cm³/mol. The molecule has 1 atom stereocenters. The van der Waals surface area contributed by atoms with E-state index in [4.69, 9.17) is 9.84 Å². The van der Waals surface area contributed by atoms with Gasteiger partial charge in [0.25, 0.3) is 5.91 Å². The molecule has 3 heterocycles. The molecule has 1 N–H and O–H groups in total. The molecule has 5 rings (SSSR count). The molecule has 8 nitrogen and oxygen atoms in total. The summed E-state index contributed by atoms with van der Waals surface area (Å²) in [6.07, 6.45) is 7.95. The van der Waals surface area contributed by atoms with Crippen LogP contribution in [0.1, 0.15) is 62.4 Å². The first-order valence-electron chi connectivity index (χ1n) is 13.1. The van der Waals surface area contributed by atoms with Gasteiger partial charge in [0.2, 0.25) is 5.91 Å². The van der Waals surface area contributed by atoms with Crippen LogP contribution in [0.25, 0.3) is 11.3 Å². The van der Waals surface area contributed by atoms with Gasteiger partial charge in [-0.3, -0.25) is 14.3 Å². The van der Waals surface area contributed by atoms with Crippen LogP contribution in [0.4, 0.5) is 0 Å². The van der Waals surface area contributed by atoms with E-state index in [9.17, 15) is 9.59 Å². The van der Waals surface area contributed by atoms with Gasteiger partial charge in [-0.05, 0) is 76.0 Å². The Balaban J connectivity index is 1.43. The molecule has 1 aromatic heterocycles. The molecule has 0 unspecified atom stereocenters. The molecule has 1 saturated carbocycles. The number of methoxy groups -OCH3 is 1. The molecule has 2 aromatic rings. The zero-order valence-corrected chi connectivity index (χ0v) is 21.0. The molecule has 1 saturated heterocycles. The minimum atomic E-state index is -0.982. The second-order valence-corrected chi connectivity index (χ2v) is 10.4. The van der Waals surface area contributed by atoms with Crippen molar-refractivity contribution >= 4 is 11.8 Å². The van der Waals surface area contributed by atoms with Crippen LogP contribution >= 0.6 is 0 Å². The van der Waals surface area contributed by atoms with Crippen LogP contribution in [0, 0.1) is 0 Å². The number of fused-ring (bicyclic) bond motifs is 1. The number of nitrogens with one attached hydrogen (secondary N) is 1. The largest absolute Gasteiger partial charge is 0.497 e. The second-order valence-electron chi connectivity index (χ2n) is 10.4. The third-order valence-corrected chi connectivity index (χ3v) is 7.95. The number of hydrogen-bond acceptors (Lipinski definition) is 5. The highest BCUT2D eigenvalue weighted by atomic mass is 16.5. The van der Waals surface area contributed by atoms with E-state index in [-0.39, 0.29) is 17.9 Å². The molecule has 2 fully saturated rings. The van der Waals surface area contributed by atoms with E-state index in [0.29, 0.717) is 18.8 Å². The number of rotatable bonds is 7. The van der Waals surface area contributed by atoms with E-state index in [1.807, 2.05) is 37.3 Å². The van der Waals surface area contributed by atoms with Crippen molar-refractivity contribution in [1.29, 1.82) is 0 Å². The van der Waals surface area contributed by atoms with Crippen molar-refractivity contribution in [3.63, 3.8) is 0 Å². The normalized spacial score (nSPS) is 23.4. The molecule has 188 valence electrons. The third kappa shape index (κ3) is 4.81. The van der Waals surface area contributed by atoms with E-state index in [2.05, 4.69) is 10.2 Å². The Kier molecular flexibility index (Phi) is 6.82. The maximum Gasteiger partial charge on any atom is 0.273 e. The number of carbonyl (C=O) groups excluding carboxylic acids is 2. The van der Waals surface area contributed by atoms with Crippen LogP contribution in [-0.4, -0.2) is 76.3 Å². The number of aromatic nitrogens is 2. The number of carbonyl (C=O) groups is 2. The van der Waals surface area contributed by atoms with Gasteiger partial charge in [0.15, 0.2) is 0 Å². The molecular weight excluding hydrogens is 442 g/mol. The van der Waals surface area contributed by atoms with Crippen LogP contribution in [0.2, 0.25) is 0 Å². The van der Waals surface area contributed by atoms with Gasteiger partial charge in [-0.15, -0.1) is 0 Å². The summed E-state index contributed by atoms with van der Waals surface area (Å²) in [7, 11) is 1.64. The lowest BCUT2D eigenvalue weighted by Gasteiger charge is -2.44. The zero-order chi connectivity index (χ0) is 24.4. The number of benzene rings is 1. The van der Waals surface area contributed by atoms with Gasteiger partial charge in [0.1, 0.15) is 17.0 Å². The number of likely N-dealkylation sites (tertiary alicyclic amines) is 1. The van der Waals surface area contributed by atoms with Crippen molar-refractivity contribution < 1.29 is 14.3 Å². The number of amides is 2. The van der Waals surface area contributed by atoms with Crippen molar-refractivity contribution in [1.82, 2.24) is 24.9 Å². The Morgan fingerprint density at radius 2 is 1.80 bits per heavy atom. The average molecular weight is 480 g/mol. The van der Waals surface area contributed by atoms with E-state index in [1.54, 1.807) is 16.7 Å². The van der Waals surface area contributed by atoms with Crippen LogP contribution in [0.3, 0.4) is 0 Å². The lowest BCUT2D eigenvalue weighted by Crippen LogP contribution is -2.66. The fourth-order valence-electron chi connectivity index (χ4n) is 5.73. The lowest BCUT2D eigenvalue weighted by molar-refractivity contribution is -0.134. The fourth-order valence-corrected chi connectivity index (χ4v) is 5.73. The Morgan fingerprint density at radius 1 is 1.09 bits per heavy atom. The van der Waals surface area contributed by atoms with Crippen molar-refractivity contribution in [2.75, 3.05) is 33.3 Å². The summed E-state index contributed by atoms with van der Waals surface area (Å²) in [5.74, 6) is 0.587. The summed E-state index contributed by atoms with van der Waals surface area (Å²) in [5, 5.41) is 8.05. The van der Waals surface area contributed by atoms with E-state index in [1.165, 1.54) is 19.3 Å². The Morgan fingerprint density at radius 3 is 2.49 bits per heavy atom. The molecule has 35 heavy (non-hydrogen) atoms. The SMILES string of the molecule is COc1ccc(-c2cc3n(n2)C[C@](C)(C(=O)NC2CCCCC2)N(CCN2CCCC2)C3=O)cc1. The molecular formula is C27H37N5O3. The molecule has 3 aliphatic rings. The molecule has 0 spiro atoms. The highest BCUT2D eigenvalue weighted by Crippen LogP contribution is 2.31. The van der Waals surface area contributed by atoms with E-state index < -0.39 is 5.54 Å². The third-order valence-electron chi connectivity index (χ3n) is 7.95. The molecule has 1 aliphatic carbocycles. The number of hydrogen-bond donors (Lipinski definition) is 1. The summed E-state index contributed by atoms with van der Waals surface area (Å²) in [6.45, 7) is 5.71. The predicted octanol–water partition coefficient (Wildman–Crippen LogP) is 3.32. The summed E-state index contributed by atoms with van der Waals surface area (Å²) < 4.78 is 7.00. The first-order chi connectivity index (χ1) is 17.0. The van der Waals surface area contributed by atoms with Crippen LogP contribution in [0.5, 0.6) is 5.75 Å². The van der Waals surface area contributed by atoms with Crippen LogP contribution in [0.15, 0.2) is 30.3 Å². The van der Waals surface area contributed by atoms with Crippen molar-refractivity contribution in [2.24, 2.45) is 0 Å². The Hall–Kier alpha value is -2.87. The van der Waals surface area contributed by atoms with Crippen molar-refractivity contribution in [3.05, 3.63) is 36.0 Å². The Bertz CT molecular complexity index is 1050. The van der Waals surface area contributed by atoms with Gasteiger partial charge in [-0.25, -0.2) is 0 Å². The highest BCUT2D eigenvalue weighted by molar-refractivity contribution is 6.00. The van der Waals surface area contributed by atoms with Gasteiger partial charge in [-0.1, -0.05) is 19.3 Å². The van der Waals surface area contributed by atoms with Crippen molar-refractivity contribution in [3.8, 4) is 17.0 Å². The van der Waals surface area contributed by atoms with Gasteiger partial charge in [-0.2, -0.15) is 5.10 Å². The molecule has 1 aromatic carbocycles. The summed E-state index contributed by atoms with van der Waals surface area (Å²) in [5.41, 5.74) is 1.20. The molecule has 2 aliphatic heterocycles. The minimum absolute atomic E-state index is 0.0636. The highest BCUT2D eigenvalue weighted by Gasteiger charge is 2.48. The maximum atomic E-state index is 13.8. The minimum Gasteiger partial charge on any atom is -0.497 e. The Labute approximate surface area is 207 Å². The monoisotopic (exact) mass is 479 g/mol. The molecule has 2 amide bonds.